The van der Waals surface area contributed by atoms with Gasteiger partial charge in [0.1, 0.15) is 17.1 Å². The van der Waals surface area contributed by atoms with E-state index in [9.17, 15) is 14.4 Å². The van der Waals surface area contributed by atoms with Gasteiger partial charge in [0.05, 0.1) is 18.3 Å². The zero-order valence-corrected chi connectivity index (χ0v) is 17.6. The Hall–Kier alpha value is -3.62. The third-order valence-corrected chi connectivity index (χ3v) is 4.57. The van der Waals surface area contributed by atoms with E-state index in [1.165, 1.54) is 23.1 Å². The molecule has 0 fully saturated rings. The van der Waals surface area contributed by atoms with E-state index in [1.807, 2.05) is 0 Å². The van der Waals surface area contributed by atoms with Crippen molar-refractivity contribution in [2.75, 3.05) is 5.32 Å². The zero-order chi connectivity index (χ0) is 22.8. The molecule has 0 saturated heterocycles. The van der Waals surface area contributed by atoms with E-state index in [4.69, 9.17) is 14.2 Å². The number of carbonyl (C=O) groups is 3. The van der Waals surface area contributed by atoms with Crippen LogP contribution >= 0.6 is 0 Å². The van der Waals surface area contributed by atoms with Gasteiger partial charge in [-0.1, -0.05) is 12.1 Å². The minimum atomic E-state index is -0.781. The summed E-state index contributed by atoms with van der Waals surface area (Å²) in [7, 11) is 0. The number of ether oxygens (including phenoxy) is 3. The van der Waals surface area contributed by atoms with E-state index in [0.717, 1.165) is 0 Å². The lowest BCUT2D eigenvalue weighted by Gasteiger charge is -2.34. The van der Waals surface area contributed by atoms with E-state index >= 15 is 4.39 Å². The summed E-state index contributed by atoms with van der Waals surface area (Å²) < 4.78 is 30.3. The molecule has 0 bridgehead atoms. The van der Waals surface area contributed by atoms with Gasteiger partial charge in [-0.2, -0.15) is 0 Å². The van der Waals surface area contributed by atoms with Crippen LogP contribution in [0.4, 0.5) is 19.7 Å². The molecule has 1 heterocycles. The molecule has 2 aromatic rings. The molecule has 31 heavy (non-hydrogen) atoms. The fraction of sp³-hybridized carbons (Fsp3) is 0.318. The van der Waals surface area contributed by atoms with Crippen LogP contribution in [0.3, 0.4) is 0 Å². The van der Waals surface area contributed by atoms with Gasteiger partial charge in [-0.25, -0.2) is 14.0 Å². The monoisotopic (exact) mass is 430 g/mol. The average molecular weight is 430 g/mol. The number of amides is 2. The number of anilines is 1. The average Bonchev–Trinajstić information content (AvgIpc) is 2.66. The highest BCUT2D eigenvalue weighted by atomic mass is 19.1. The molecule has 2 amide bonds. The Kier molecular flexibility index (Phi) is 6.14. The maximum Gasteiger partial charge on any atom is 0.416 e. The van der Waals surface area contributed by atoms with Crippen molar-refractivity contribution >= 4 is 24.3 Å². The molecule has 2 aromatic carbocycles. The summed E-state index contributed by atoms with van der Waals surface area (Å²) in [4.78, 5) is 36.4. The molecule has 0 radical (unpaired) electrons. The van der Waals surface area contributed by atoms with Crippen molar-refractivity contribution in [1.29, 1.82) is 0 Å². The summed E-state index contributed by atoms with van der Waals surface area (Å²) in [5, 5.41) is 2.39. The topological polar surface area (TPSA) is 94.2 Å². The van der Waals surface area contributed by atoms with Gasteiger partial charge >= 0.3 is 12.2 Å². The number of carbonyl (C=O) groups excluding carboxylic acids is 3. The minimum absolute atomic E-state index is 0.0548. The number of fused-ring (bicyclic) bond motifs is 1. The summed E-state index contributed by atoms with van der Waals surface area (Å²) in [6.45, 7) is 7.09. The molecule has 1 aliphatic rings. The molecule has 1 unspecified atom stereocenters. The second kappa shape index (κ2) is 8.63. The first-order chi connectivity index (χ1) is 14.6. The van der Waals surface area contributed by atoms with E-state index in [1.54, 1.807) is 45.9 Å². The van der Waals surface area contributed by atoms with Gasteiger partial charge in [0.25, 0.3) is 6.47 Å². The van der Waals surface area contributed by atoms with Gasteiger partial charge in [-0.3, -0.25) is 15.0 Å². The number of halogens is 1. The Balaban J connectivity index is 1.80. The van der Waals surface area contributed by atoms with Crippen LogP contribution in [0.2, 0.25) is 0 Å². The van der Waals surface area contributed by atoms with Crippen LogP contribution in [0.15, 0.2) is 36.4 Å². The SMILES string of the molecule is CC1c2ccc(OC=O)cc2OC(=O)N1Cc1cccc(NC(=O)OC(C)(C)C)c1F. The van der Waals surface area contributed by atoms with Crippen LogP contribution < -0.4 is 14.8 Å². The second-order valence-corrected chi connectivity index (χ2v) is 7.99. The molecule has 0 aliphatic carbocycles. The van der Waals surface area contributed by atoms with Crippen LogP contribution in [-0.4, -0.2) is 29.2 Å². The van der Waals surface area contributed by atoms with Crippen molar-refractivity contribution in [2.45, 2.75) is 45.9 Å². The van der Waals surface area contributed by atoms with E-state index in [2.05, 4.69) is 5.32 Å². The molecule has 0 aromatic heterocycles. The molecule has 1 N–H and O–H groups in total. The molecule has 1 atom stereocenters. The minimum Gasteiger partial charge on any atom is -0.444 e. The van der Waals surface area contributed by atoms with E-state index in [-0.39, 0.29) is 35.8 Å². The largest absolute Gasteiger partial charge is 0.444 e. The van der Waals surface area contributed by atoms with Gasteiger partial charge < -0.3 is 14.2 Å². The second-order valence-electron chi connectivity index (χ2n) is 7.99. The lowest BCUT2D eigenvalue weighted by Crippen LogP contribution is -2.39. The Morgan fingerprint density at radius 1 is 1.29 bits per heavy atom. The van der Waals surface area contributed by atoms with Gasteiger partial charge in [0.2, 0.25) is 0 Å². The molecule has 3 rings (SSSR count). The Bertz CT molecular complexity index is 1020. The lowest BCUT2D eigenvalue weighted by molar-refractivity contribution is -0.120. The highest BCUT2D eigenvalue weighted by Gasteiger charge is 2.32. The molecule has 1 aliphatic heterocycles. The molecule has 164 valence electrons. The van der Waals surface area contributed by atoms with Crippen molar-refractivity contribution in [3.63, 3.8) is 0 Å². The zero-order valence-electron chi connectivity index (χ0n) is 17.6. The van der Waals surface area contributed by atoms with Crippen LogP contribution in [0, 0.1) is 5.82 Å². The summed E-state index contributed by atoms with van der Waals surface area (Å²) in [5.41, 5.74) is 0.0960. The molecular formula is C22H23FN2O6. The summed E-state index contributed by atoms with van der Waals surface area (Å²) in [5.74, 6) is -0.156. The number of benzene rings is 2. The summed E-state index contributed by atoms with van der Waals surface area (Å²) >= 11 is 0. The van der Waals surface area contributed by atoms with Crippen molar-refractivity contribution in [3.05, 3.63) is 53.3 Å². The molecule has 8 nitrogen and oxygen atoms in total. The quantitative estimate of drug-likeness (QED) is 0.686. The van der Waals surface area contributed by atoms with Crippen LogP contribution in [0.1, 0.15) is 44.9 Å². The maximum absolute atomic E-state index is 15.0. The molecule has 0 saturated carbocycles. The Morgan fingerprint density at radius 3 is 2.71 bits per heavy atom. The normalized spacial score (nSPS) is 15.6. The van der Waals surface area contributed by atoms with Gasteiger partial charge in [0, 0.05) is 17.2 Å². The van der Waals surface area contributed by atoms with Gasteiger partial charge in [-0.05, 0) is 45.9 Å². The summed E-state index contributed by atoms with van der Waals surface area (Å²) in [6, 6.07) is 8.77. The highest BCUT2D eigenvalue weighted by molar-refractivity contribution is 5.85. The number of hydrogen-bond acceptors (Lipinski definition) is 6. The Morgan fingerprint density at radius 2 is 2.03 bits per heavy atom. The maximum atomic E-state index is 15.0. The van der Waals surface area contributed by atoms with Gasteiger partial charge in [0.15, 0.2) is 5.82 Å². The number of rotatable bonds is 5. The third kappa shape index (κ3) is 5.11. The van der Waals surface area contributed by atoms with Crippen molar-refractivity contribution in [2.24, 2.45) is 0 Å². The standard InChI is InChI=1S/C22H23FN2O6/c1-13-16-9-8-15(29-12-26)10-18(16)30-21(28)25(13)11-14-6-5-7-17(19(14)23)24-20(27)31-22(2,3)4/h5-10,12-13H,11H2,1-4H3,(H,24,27). The van der Waals surface area contributed by atoms with Crippen molar-refractivity contribution < 1.29 is 33.0 Å². The van der Waals surface area contributed by atoms with Crippen LogP contribution in [-0.2, 0) is 16.1 Å². The molecule has 9 heteroatoms. The lowest BCUT2D eigenvalue weighted by atomic mass is 10.0. The van der Waals surface area contributed by atoms with Crippen LogP contribution in [0.25, 0.3) is 0 Å². The number of nitrogens with zero attached hydrogens (tertiary/aromatic N) is 1. The van der Waals surface area contributed by atoms with E-state index < -0.39 is 29.6 Å². The fourth-order valence-corrected chi connectivity index (χ4v) is 3.15. The number of nitrogens with one attached hydrogen (secondary N) is 1. The predicted molar refractivity (Wildman–Crippen MR) is 109 cm³/mol. The molecule has 0 spiro atoms. The predicted octanol–water partition coefficient (Wildman–Crippen LogP) is 4.78. The van der Waals surface area contributed by atoms with Crippen LogP contribution in [0.5, 0.6) is 11.5 Å². The first kappa shape index (κ1) is 22.1. The number of hydrogen-bond donors (Lipinski definition) is 1. The van der Waals surface area contributed by atoms with Crippen molar-refractivity contribution in [3.8, 4) is 11.5 Å². The third-order valence-electron chi connectivity index (χ3n) is 4.57. The van der Waals surface area contributed by atoms with Crippen molar-refractivity contribution in [1.82, 2.24) is 4.90 Å². The Labute approximate surface area is 178 Å². The smallest absolute Gasteiger partial charge is 0.416 e. The van der Waals surface area contributed by atoms with E-state index in [0.29, 0.717) is 5.56 Å². The highest BCUT2D eigenvalue weighted by Crippen LogP contribution is 2.38. The fourth-order valence-electron chi connectivity index (χ4n) is 3.15. The first-order valence-corrected chi connectivity index (χ1v) is 9.59. The first-order valence-electron chi connectivity index (χ1n) is 9.59. The summed E-state index contributed by atoms with van der Waals surface area (Å²) in [6.07, 6.45) is -1.45. The molecular weight excluding hydrogens is 407 g/mol. The van der Waals surface area contributed by atoms with Gasteiger partial charge in [-0.15, -0.1) is 0 Å².